The van der Waals surface area contributed by atoms with Gasteiger partial charge in [0.2, 0.25) is 11.8 Å². The minimum absolute atomic E-state index is 0.118. The molecule has 4 heterocycles. The first-order valence-corrected chi connectivity index (χ1v) is 13.9. The third-order valence-corrected chi connectivity index (χ3v) is 7.87. The number of nitrogens with zero attached hydrogens (tertiary/aromatic N) is 4. The minimum Gasteiger partial charge on any atom is -0.474 e. The van der Waals surface area contributed by atoms with E-state index in [4.69, 9.17) is 9.47 Å². The summed E-state index contributed by atoms with van der Waals surface area (Å²) in [6, 6.07) is 4.90. The van der Waals surface area contributed by atoms with E-state index in [1.807, 2.05) is 12.1 Å². The van der Waals surface area contributed by atoms with Crippen LogP contribution in [0.4, 0.5) is 11.4 Å². The smallest absolute Gasteiger partial charge is 0.262 e. The Bertz CT molecular complexity index is 1260. The molecule has 3 aromatic heterocycles. The Labute approximate surface area is 227 Å². The van der Waals surface area contributed by atoms with Gasteiger partial charge in [0.1, 0.15) is 18.3 Å². The second kappa shape index (κ2) is 11.6. The summed E-state index contributed by atoms with van der Waals surface area (Å²) < 4.78 is 14.1. The van der Waals surface area contributed by atoms with E-state index in [0.717, 1.165) is 47.3 Å². The van der Waals surface area contributed by atoms with Gasteiger partial charge in [-0.1, -0.05) is 12.8 Å². The van der Waals surface area contributed by atoms with Crippen LogP contribution in [-0.2, 0) is 23.1 Å². The van der Waals surface area contributed by atoms with Crippen LogP contribution >= 0.6 is 27.3 Å². The number of hydrogen-bond donors (Lipinski definition) is 2. The molecule has 12 heteroatoms. The predicted molar refractivity (Wildman–Crippen MR) is 144 cm³/mol. The molecular formula is C25H29BrN6O4S. The molecule has 2 aliphatic rings. The normalized spacial score (nSPS) is 16.2. The van der Waals surface area contributed by atoms with E-state index in [0.29, 0.717) is 29.6 Å². The van der Waals surface area contributed by atoms with Crippen LogP contribution in [0.3, 0.4) is 0 Å². The largest absolute Gasteiger partial charge is 0.474 e. The molecule has 196 valence electrons. The SMILES string of the molecule is Cn1cc(NC(=O)[C@H](COC2CCCC2)NC(=O)c2ccc(CN3CCOc4ncc(Br)cc43)s2)cn1. The van der Waals surface area contributed by atoms with Gasteiger partial charge in [-0.25, -0.2) is 4.98 Å². The highest BCUT2D eigenvalue weighted by molar-refractivity contribution is 9.10. The summed E-state index contributed by atoms with van der Waals surface area (Å²) in [5.41, 5.74) is 1.48. The van der Waals surface area contributed by atoms with Crippen molar-refractivity contribution in [2.45, 2.75) is 44.4 Å². The Balaban J connectivity index is 1.24. The molecule has 1 fully saturated rings. The summed E-state index contributed by atoms with van der Waals surface area (Å²) >= 11 is 4.88. The Morgan fingerprint density at radius 1 is 1.30 bits per heavy atom. The quantitative estimate of drug-likeness (QED) is 0.392. The molecule has 0 spiro atoms. The summed E-state index contributed by atoms with van der Waals surface area (Å²) in [6.45, 7) is 2.02. The van der Waals surface area contributed by atoms with Gasteiger partial charge in [-0.05, 0) is 47.0 Å². The van der Waals surface area contributed by atoms with E-state index in [1.165, 1.54) is 11.3 Å². The fourth-order valence-electron chi connectivity index (χ4n) is 4.48. The van der Waals surface area contributed by atoms with Gasteiger partial charge in [0, 0.05) is 28.8 Å². The summed E-state index contributed by atoms with van der Waals surface area (Å²) in [4.78, 5) is 34.3. The fraction of sp³-hybridized carbons (Fsp3) is 0.440. The molecule has 1 aliphatic heterocycles. The number of thiophene rings is 1. The number of anilines is 2. The van der Waals surface area contributed by atoms with E-state index in [9.17, 15) is 9.59 Å². The number of aromatic nitrogens is 3. The van der Waals surface area contributed by atoms with Gasteiger partial charge in [-0.2, -0.15) is 5.10 Å². The van der Waals surface area contributed by atoms with Crippen molar-refractivity contribution in [1.29, 1.82) is 0 Å². The highest BCUT2D eigenvalue weighted by Gasteiger charge is 2.26. The predicted octanol–water partition coefficient (Wildman–Crippen LogP) is 3.73. The van der Waals surface area contributed by atoms with E-state index in [1.54, 1.807) is 36.4 Å². The zero-order valence-electron chi connectivity index (χ0n) is 20.5. The van der Waals surface area contributed by atoms with Gasteiger partial charge in [0.15, 0.2) is 0 Å². The molecule has 0 radical (unpaired) electrons. The minimum atomic E-state index is -0.826. The van der Waals surface area contributed by atoms with E-state index in [2.05, 4.69) is 41.5 Å². The molecule has 1 saturated carbocycles. The van der Waals surface area contributed by atoms with Gasteiger partial charge in [-0.15, -0.1) is 11.3 Å². The van der Waals surface area contributed by atoms with Gasteiger partial charge < -0.3 is 25.0 Å². The van der Waals surface area contributed by atoms with Crippen molar-refractivity contribution >= 4 is 50.5 Å². The van der Waals surface area contributed by atoms with E-state index < -0.39 is 6.04 Å². The van der Waals surface area contributed by atoms with Crippen molar-refractivity contribution in [3.05, 3.63) is 51.0 Å². The third kappa shape index (κ3) is 6.49. The van der Waals surface area contributed by atoms with Crippen molar-refractivity contribution in [2.75, 3.05) is 30.0 Å². The van der Waals surface area contributed by atoms with Crippen molar-refractivity contribution in [1.82, 2.24) is 20.1 Å². The number of aryl methyl sites for hydroxylation is 1. The number of pyridine rings is 1. The number of amides is 2. The van der Waals surface area contributed by atoms with E-state index in [-0.39, 0.29) is 24.5 Å². The molecule has 0 bridgehead atoms. The van der Waals surface area contributed by atoms with Crippen LogP contribution in [0.2, 0.25) is 0 Å². The standard InChI is InChI=1S/C25H29BrN6O4S/c1-31-13-17(12-28-31)29-23(33)20(15-36-18-4-2-3-5-18)30-24(34)22-7-6-19(37-22)14-32-8-9-35-25-21(32)10-16(26)11-27-25/h6-7,10-13,18,20H,2-5,8-9,14-15H2,1H3,(H,29,33)(H,30,34)/t20-/m0/s1. The molecule has 0 saturated heterocycles. The lowest BCUT2D eigenvalue weighted by molar-refractivity contribution is -0.120. The van der Waals surface area contributed by atoms with Gasteiger partial charge in [0.05, 0.1) is 42.6 Å². The summed E-state index contributed by atoms with van der Waals surface area (Å²) in [6.07, 6.45) is 9.34. The first kappa shape index (κ1) is 25.7. The van der Waals surface area contributed by atoms with Crippen LogP contribution in [0.1, 0.15) is 40.2 Å². The molecule has 2 amide bonds. The number of fused-ring (bicyclic) bond motifs is 1. The lowest BCUT2D eigenvalue weighted by atomic mass is 10.2. The molecule has 1 aliphatic carbocycles. The van der Waals surface area contributed by atoms with E-state index >= 15 is 0 Å². The zero-order chi connectivity index (χ0) is 25.8. The van der Waals surface area contributed by atoms with Crippen LogP contribution < -0.4 is 20.3 Å². The second-order valence-corrected chi connectivity index (χ2v) is 11.3. The number of ether oxygens (including phenoxy) is 2. The van der Waals surface area contributed by atoms with Crippen LogP contribution in [0.5, 0.6) is 5.88 Å². The number of carbonyl (C=O) groups excluding carboxylic acids is 2. The second-order valence-electron chi connectivity index (χ2n) is 9.17. The third-order valence-electron chi connectivity index (χ3n) is 6.37. The topological polar surface area (TPSA) is 111 Å². The van der Waals surface area contributed by atoms with Crippen LogP contribution in [-0.4, -0.2) is 58.5 Å². The molecule has 10 nitrogen and oxygen atoms in total. The lowest BCUT2D eigenvalue weighted by Gasteiger charge is -2.30. The Hall–Kier alpha value is -2.96. The molecular weight excluding hydrogens is 560 g/mol. The first-order chi connectivity index (χ1) is 17.9. The van der Waals surface area contributed by atoms with Gasteiger partial charge in [0.25, 0.3) is 5.91 Å². The number of halogens is 1. The molecule has 3 aromatic rings. The monoisotopic (exact) mass is 588 g/mol. The Morgan fingerprint density at radius 3 is 2.92 bits per heavy atom. The van der Waals surface area contributed by atoms with Crippen molar-refractivity contribution in [3.8, 4) is 5.88 Å². The van der Waals surface area contributed by atoms with Crippen LogP contribution in [0, 0.1) is 0 Å². The van der Waals surface area contributed by atoms with Crippen LogP contribution in [0.15, 0.2) is 41.3 Å². The molecule has 5 rings (SSSR count). The maximum Gasteiger partial charge on any atom is 0.262 e. The molecule has 37 heavy (non-hydrogen) atoms. The number of nitrogens with one attached hydrogen (secondary N) is 2. The highest BCUT2D eigenvalue weighted by atomic mass is 79.9. The Morgan fingerprint density at radius 2 is 2.14 bits per heavy atom. The zero-order valence-corrected chi connectivity index (χ0v) is 22.9. The van der Waals surface area contributed by atoms with Gasteiger partial charge in [-0.3, -0.25) is 14.3 Å². The highest BCUT2D eigenvalue weighted by Crippen LogP contribution is 2.33. The maximum absolute atomic E-state index is 13.2. The number of hydrogen-bond acceptors (Lipinski definition) is 8. The lowest BCUT2D eigenvalue weighted by Crippen LogP contribution is -2.47. The van der Waals surface area contributed by atoms with Crippen LogP contribution in [0.25, 0.3) is 0 Å². The molecule has 2 N–H and O–H groups in total. The molecule has 1 atom stereocenters. The Kier molecular flexibility index (Phi) is 8.06. The maximum atomic E-state index is 13.2. The average molecular weight is 590 g/mol. The molecule has 0 aromatic carbocycles. The van der Waals surface area contributed by atoms with Gasteiger partial charge >= 0.3 is 0 Å². The summed E-state index contributed by atoms with van der Waals surface area (Å²) in [5, 5.41) is 9.79. The fourth-order valence-corrected chi connectivity index (χ4v) is 5.72. The summed E-state index contributed by atoms with van der Waals surface area (Å²) in [5.74, 6) is -0.0303. The number of rotatable bonds is 9. The van der Waals surface area contributed by atoms with Crippen molar-refractivity contribution < 1.29 is 19.1 Å². The average Bonchev–Trinajstić information content (AvgIpc) is 3.65. The molecule has 0 unspecified atom stereocenters. The van der Waals surface area contributed by atoms with Crippen molar-refractivity contribution in [3.63, 3.8) is 0 Å². The summed E-state index contributed by atoms with van der Waals surface area (Å²) in [7, 11) is 1.78. The van der Waals surface area contributed by atoms with Crippen molar-refractivity contribution in [2.24, 2.45) is 7.05 Å². The first-order valence-electron chi connectivity index (χ1n) is 12.3. The number of carbonyl (C=O) groups is 2.